The summed E-state index contributed by atoms with van der Waals surface area (Å²) in [4.78, 5) is 29.6. The largest absolute Gasteiger partial charge is 0.339 e. The lowest BCUT2D eigenvalue weighted by Crippen LogP contribution is -2.39. The van der Waals surface area contributed by atoms with Crippen molar-refractivity contribution in [2.45, 2.75) is 51.0 Å². The molecule has 1 unspecified atom stereocenters. The molecule has 2 amide bonds. The van der Waals surface area contributed by atoms with Crippen LogP contribution in [-0.2, 0) is 11.2 Å². The number of hydrogen-bond donors (Lipinski definition) is 1. The first kappa shape index (κ1) is 26.9. The number of hydroxylamine groups is 2. The molecule has 2 fully saturated rings. The highest BCUT2D eigenvalue weighted by molar-refractivity contribution is 6.36. The second kappa shape index (κ2) is 12.0. The van der Waals surface area contributed by atoms with Gasteiger partial charge in [-0.25, -0.2) is 5.06 Å². The quantitative estimate of drug-likeness (QED) is 0.346. The van der Waals surface area contributed by atoms with Crippen molar-refractivity contribution in [3.05, 3.63) is 57.6 Å². The number of carbonyl (C=O) groups is 2. The zero-order chi connectivity index (χ0) is 25.8. The smallest absolute Gasteiger partial charge is 0.277 e. The van der Waals surface area contributed by atoms with E-state index in [1.807, 2.05) is 43.3 Å². The van der Waals surface area contributed by atoms with E-state index in [9.17, 15) is 14.8 Å². The Morgan fingerprint density at radius 1 is 0.972 bits per heavy atom. The van der Waals surface area contributed by atoms with Crippen LogP contribution in [0.3, 0.4) is 0 Å². The molecule has 2 aromatic carbocycles. The summed E-state index contributed by atoms with van der Waals surface area (Å²) in [6.45, 7) is 1.61. The predicted octanol–water partition coefficient (Wildman–Crippen LogP) is 5.78. The Kier molecular flexibility index (Phi) is 8.94. The van der Waals surface area contributed by atoms with Gasteiger partial charge in [0.25, 0.3) is 5.91 Å². The van der Waals surface area contributed by atoms with E-state index >= 15 is 0 Å². The number of halogens is 2. The highest BCUT2D eigenvalue weighted by Crippen LogP contribution is 2.36. The number of hydrogen-bond acceptors (Lipinski definition) is 4. The first-order valence-electron chi connectivity index (χ1n) is 12.8. The third-order valence-corrected chi connectivity index (χ3v) is 8.09. The van der Waals surface area contributed by atoms with E-state index in [-0.39, 0.29) is 18.4 Å². The summed E-state index contributed by atoms with van der Waals surface area (Å²) in [5, 5.41) is 11.9. The minimum absolute atomic E-state index is 0.0769. The molecule has 1 N–H and O–H groups in total. The fourth-order valence-electron chi connectivity index (χ4n) is 5.27. The fourth-order valence-corrected chi connectivity index (χ4v) is 5.91. The highest BCUT2D eigenvalue weighted by Gasteiger charge is 2.36. The molecule has 2 aromatic rings. The molecule has 1 heterocycles. The number of nitrogens with zero attached hydrogens (tertiary/aromatic N) is 3. The second-order valence-corrected chi connectivity index (χ2v) is 11.1. The lowest BCUT2D eigenvalue weighted by Gasteiger charge is -2.31. The summed E-state index contributed by atoms with van der Waals surface area (Å²) >= 11 is 13.3. The molecular formula is C28H35Cl2N3O3. The van der Waals surface area contributed by atoms with Crippen molar-refractivity contribution < 1.29 is 14.8 Å². The molecule has 1 saturated carbocycles. The van der Waals surface area contributed by atoms with Crippen LogP contribution in [-0.4, -0.2) is 71.7 Å². The number of amides is 2. The van der Waals surface area contributed by atoms with Gasteiger partial charge in [0.15, 0.2) is 0 Å². The van der Waals surface area contributed by atoms with Gasteiger partial charge in [0.2, 0.25) is 5.91 Å². The molecule has 36 heavy (non-hydrogen) atoms. The molecule has 0 radical (unpaired) electrons. The SMILES string of the molecule is CN(C)CCN(O)C(=O)c1ccc(-c2cc(Cl)c(CC3CCN(C4CCCCC4)C3=O)c(Cl)c2)cc1. The average molecular weight is 533 g/mol. The molecule has 4 rings (SSSR count). The van der Waals surface area contributed by atoms with Crippen LogP contribution in [0.5, 0.6) is 0 Å². The Hall–Kier alpha value is -2.12. The van der Waals surface area contributed by atoms with Gasteiger partial charge in [0.05, 0.1) is 6.54 Å². The number of carbonyl (C=O) groups excluding carboxylic acids is 2. The van der Waals surface area contributed by atoms with Crippen molar-refractivity contribution in [2.75, 3.05) is 33.7 Å². The molecular weight excluding hydrogens is 497 g/mol. The topological polar surface area (TPSA) is 64.1 Å². The van der Waals surface area contributed by atoms with E-state index in [1.165, 1.54) is 19.3 Å². The van der Waals surface area contributed by atoms with E-state index in [0.717, 1.165) is 47.6 Å². The molecule has 2 aliphatic rings. The predicted molar refractivity (Wildman–Crippen MR) is 144 cm³/mol. The maximum absolute atomic E-state index is 13.1. The molecule has 1 saturated heterocycles. The highest BCUT2D eigenvalue weighted by atomic mass is 35.5. The van der Waals surface area contributed by atoms with Crippen LogP contribution >= 0.6 is 23.2 Å². The Labute approximate surface area is 223 Å². The van der Waals surface area contributed by atoms with E-state index < -0.39 is 5.91 Å². The standard InChI is InChI=1S/C28H35Cl2N3O3/c1-31(2)14-15-33(36)28(35)20-10-8-19(9-11-20)22-17-25(29)24(26(30)18-22)16-21-12-13-32(27(21)34)23-6-4-3-5-7-23/h8-11,17-18,21,23,36H,3-7,12-16H2,1-2H3. The first-order chi connectivity index (χ1) is 17.2. The zero-order valence-corrected chi connectivity index (χ0v) is 22.6. The lowest BCUT2D eigenvalue weighted by molar-refractivity contribution is -0.133. The van der Waals surface area contributed by atoms with Crippen LogP contribution in [0.25, 0.3) is 11.1 Å². The number of rotatable bonds is 8. The van der Waals surface area contributed by atoms with Crippen molar-refractivity contribution >= 4 is 35.0 Å². The monoisotopic (exact) mass is 531 g/mol. The molecule has 1 atom stereocenters. The van der Waals surface area contributed by atoms with Crippen LogP contribution in [0.4, 0.5) is 0 Å². The molecule has 0 spiro atoms. The fraction of sp³-hybridized carbons (Fsp3) is 0.500. The number of likely N-dealkylation sites (tertiary alicyclic amines) is 1. The first-order valence-corrected chi connectivity index (χ1v) is 13.5. The lowest BCUT2D eigenvalue weighted by atomic mass is 9.93. The summed E-state index contributed by atoms with van der Waals surface area (Å²) in [7, 11) is 3.76. The van der Waals surface area contributed by atoms with E-state index in [0.29, 0.717) is 34.6 Å². The van der Waals surface area contributed by atoms with Gasteiger partial charge in [0.1, 0.15) is 0 Å². The molecule has 8 heteroatoms. The number of likely N-dealkylation sites (N-methyl/N-ethyl adjacent to an activating group) is 1. The Morgan fingerprint density at radius 2 is 1.61 bits per heavy atom. The zero-order valence-electron chi connectivity index (χ0n) is 21.1. The maximum Gasteiger partial charge on any atom is 0.277 e. The van der Waals surface area contributed by atoms with Gasteiger partial charge in [0, 0.05) is 40.7 Å². The summed E-state index contributed by atoms with van der Waals surface area (Å²) < 4.78 is 0. The van der Waals surface area contributed by atoms with Gasteiger partial charge < -0.3 is 9.80 Å². The summed E-state index contributed by atoms with van der Waals surface area (Å²) in [5.74, 6) is -0.285. The van der Waals surface area contributed by atoms with Gasteiger partial charge in [-0.1, -0.05) is 54.6 Å². The second-order valence-electron chi connectivity index (χ2n) is 10.2. The third kappa shape index (κ3) is 6.23. The van der Waals surface area contributed by atoms with Crippen molar-refractivity contribution in [3.63, 3.8) is 0 Å². The van der Waals surface area contributed by atoms with E-state index in [4.69, 9.17) is 23.2 Å². The van der Waals surface area contributed by atoms with Crippen LogP contribution in [0.2, 0.25) is 10.0 Å². The molecule has 1 aliphatic carbocycles. The van der Waals surface area contributed by atoms with Crippen LogP contribution in [0.15, 0.2) is 36.4 Å². The maximum atomic E-state index is 13.1. The van der Waals surface area contributed by atoms with Crippen molar-refractivity contribution in [3.8, 4) is 11.1 Å². The summed E-state index contributed by atoms with van der Waals surface area (Å²) in [6, 6.07) is 11.1. The minimum atomic E-state index is -0.446. The Morgan fingerprint density at radius 3 is 2.22 bits per heavy atom. The van der Waals surface area contributed by atoms with Gasteiger partial charge >= 0.3 is 0 Å². The minimum Gasteiger partial charge on any atom is -0.339 e. The van der Waals surface area contributed by atoms with Gasteiger partial charge in [-0.3, -0.25) is 14.8 Å². The van der Waals surface area contributed by atoms with Crippen molar-refractivity contribution in [1.29, 1.82) is 0 Å². The van der Waals surface area contributed by atoms with Gasteiger partial charge in [-0.15, -0.1) is 0 Å². The summed E-state index contributed by atoms with van der Waals surface area (Å²) in [5.41, 5.74) is 2.91. The van der Waals surface area contributed by atoms with Crippen LogP contribution in [0, 0.1) is 5.92 Å². The van der Waals surface area contributed by atoms with Gasteiger partial charge in [-0.2, -0.15) is 0 Å². The molecule has 0 aromatic heterocycles. The molecule has 6 nitrogen and oxygen atoms in total. The molecule has 194 valence electrons. The van der Waals surface area contributed by atoms with Crippen LogP contribution in [0.1, 0.15) is 54.4 Å². The Bertz CT molecular complexity index is 1060. The molecule has 0 bridgehead atoms. The third-order valence-electron chi connectivity index (χ3n) is 7.42. The molecule has 1 aliphatic heterocycles. The van der Waals surface area contributed by atoms with Crippen LogP contribution < -0.4 is 0 Å². The Balaban J connectivity index is 1.43. The normalized spacial score (nSPS) is 18.8. The summed E-state index contributed by atoms with van der Waals surface area (Å²) in [6.07, 6.45) is 7.32. The van der Waals surface area contributed by atoms with Crippen molar-refractivity contribution in [2.24, 2.45) is 5.92 Å². The van der Waals surface area contributed by atoms with E-state index in [2.05, 4.69) is 4.90 Å². The van der Waals surface area contributed by atoms with Gasteiger partial charge in [-0.05, 0) is 80.7 Å². The number of benzene rings is 2. The average Bonchev–Trinajstić information content (AvgIpc) is 3.24. The van der Waals surface area contributed by atoms with Crippen molar-refractivity contribution in [1.82, 2.24) is 14.9 Å². The van der Waals surface area contributed by atoms with E-state index in [1.54, 1.807) is 12.1 Å².